The summed E-state index contributed by atoms with van der Waals surface area (Å²) < 4.78 is 51.7. The van der Waals surface area contributed by atoms with Crippen molar-refractivity contribution in [2.45, 2.75) is 38.4 Å². The van der Waals surface area contributed by atoms with Crippen molar-refractivity contribution in [1.29, 1.82) is 0 Å². The lowest BCUT2D eigenvalue weighted by Crippen LogP contribution is -2.29. The Bertz CT molecular complexity index is 556. The van der Waals surface area contributed by atoms with Crippen molar-refractivity contribution in [2.24, 2.45) is 4.99 Å². The van der Waals surface area contributed by atoms with Gasteiger partial charge in [0.2, 0.25) is 0 Å². The molecule has 0 saturated heterocycles. The van der Waals surface area contributed by atoms with Crippen LogP contribution in [0, 0.1) is 5.82 Å². The zero-order chi connectivity index (χ0) is 15.7. The number of aliphatic imine (C=N–C) groups is 1. The van der Waals surface area contributed by atoms with E-state index >= 15 is 0 Å². The van der Waals surface area contributed by atoms with Gasteiger partial charge in [0.25, 0.3) is 0 Å². The molecular weight excluding hydrogens is 304 g/mol. The number of alkyl halides is 3. The second-order valence-electron chi connectivity index (χ2n) is 5.18. The maximum atomic E-state index is 13.7. The van der Waals surface area contributed by atoms with Gasteiger partial charge in [0.1, 0.15) is 5.82 Å². The van der Waals surface area contributed by atoms with E-state index in [0.717, 1.165) is 36.8 Å². The Morgan fingerprint density at radius 3 is 2.71 bits per heavy atom. The summed E-state index contributed by atoms with van der Waals surface area (Å²) >= 11 is 1.39. The van der Waals surface area contributed by atoms with E-state index in [1.165, 1.54) is 11.8 Å². The predicted octanol–water partition coefficient (Wildman–Crippen LogP) is 4.92. The fourth-order valence-corrected chi connectivity index (χ4v) is 3.14. The maximum Gasteiger partial charge on any atom is 0.416 e. The van der Waals surface area contributed by atoms with Crippen molar-refractivity contribution in [3.8, 4) is 0 Å². The molecule has 0 aromatic heterocycles. The molecule has 0 saturated carbocycles. The third-order valence-electron chi connectivity index (χ3n) is 3.55. The Labute approximate surface area is 125 Å². The molecule has 0 radical (unpaired) electrons. The minimum absolute atomic E-state index is 0.198. The Kier molecular flexibility index (Phi) is 4.51. The summed E-state index contributed by atoms with van der Waals surface area (Å²) in [6.07, 6.45) is -2.78. The normalized spacial score (nSPS) is 22.9. The van der Waals surface area contributed by atoms with Crippen LogP contribution < -0.4 is 5.32 Å². The molecule has 1 aliphatic heterocycles. The van der Waals surface area contributed by atoms with Gasteiger partial charge in [0.05, 0.1) is 16.8 Å². The van der Waals surface area contributed by atoms with Crippen LogP contribution in [-0.4, -0.2) is 16.5 Å². The lowest BCUT2D eigenvalue weighted by atomic mass is 9.97. The summed E-state index contributed by atoms with van der Waals surface area (Å²) in [6, 6.07) is 2.32. The maximum absolute atomic E-state index is 13.7. The number of hydrogen-bond donors (Lipinski definition) is 1. The van der Waals surface area contributed by atoms with Crippen LogP contribution in [0.3, 0.4) is 0 Å². The standard InChI is InChI=1S/C14H16F4N2S/c1-3-13(2)6-7-21-12(20-13)19-11-8-9(14(16,17)18)4-5-10(11)15/h4-5,8H,3,6-7H2,1-2H3,(H,19,20). The number of benzene rings is 1. The molecule has 21 heavy (non-hydrogen) atoms. The summed E-state index contributed by atoms with van der Waals surface area (Å²) in [7, 11) is 0. The zero-order valence-corrected chi connectivity index (χ0v) is 12.5. The first-order chi connectivity index (χ1) is 9.73. The predicted molar refractivity (Wildman–Crippen MR) is 78.2 cm³/mol. The molecule has 1 aromatic rings. The molecule has 0 spiro atoms. The highest BCUT2D eigenvalue weighted by atomic mass is 32.2. The lowest BCUT2D eigenvalue weighted by molar-refractivity contribution is -0.137. The summed E-state index contributed by atoms with van der Waals surface area (Å²) in [5.74, 6) is 0.0756. The molecule has 1 heterocycles. The Balaban J connectivity index is 2.27. The number of nitrogens with zero attached hydrogens (tertiary/aromatic N) is 1. The fraction of sp³-hybridized carbons (Fsp3) is 0.500. The SMILES string of the molecule is CCC1(C)CCSC(Nc2cc(C(F)(F)F)ccc2F)=N1. The first kappa shape index (κ1) is 16.1. The van der Waals surface area contributed by atoms with Crippen molar-refractivity contribution in [1.82, 2.24) is 0 Å². The van der Waals surface area contributed by atoms with Gasteiger partial charge in [-0.2, -0.15) is 13.2 Å². The third-order valence-corrected chi connectivity index (χ3v) is 4.42. The molecule has 1 atom stereocenters. The molecule has 1 aliphatic rings. The lowest BCUT2D eigenvalue weighted by Gasteiger charge is -2.29. The molecule has 2 nitrogen and oxygen atoms in total. The van der Waals surface area contributed by atoms with Crippen LogP contribution in [0.4, 0.5) is 23.2 Å². The molecule has 1 unspecified atom stereocenters. The van der Waals surface area contributed by atoms with E-state index in [1.54, 1.807) is 0 Å². The Hall–Kier alpha value is -1.24. The Morgan fingerprint density at radius 1 is 1.38 bits per heavy atom. The first-order valence-corrected chi connectivity index (χ1v) is 7.58. The largest absolute Gasteiger partial charge is 0.416 e. The van der Waals surface area contributed by atoms with E-state index in [9.17, 15) is 17.6 Å². The molecule has 1 N–H and O–H groups in total. The van der Waals surface area contributed by atoms with Crippen LogP contribution >= 0.6 is 11.8 Å². The molecular formula is C14H16F4N2S. The fourth-order valence-electron chi connectivity index (χ4n) is 1.93. The van der Waals surface area contributed by atoms with Gasteiger partial charge in [-0.25, -0.2) is 4.39 Å². The number of thioether (sulfide) groups is 1. The minimum atomic E-state index is -4.50. The highest BCUT2D eigenvalue weighted by Crippen LogP contribution is 2.33. The number of hydrogen-bond acceptors (Lipinski definition) is 3. The number of nitrogens with one attached hydrogen (secondary N) is 1. The van der Waals surface area contributed by atoms with Gasteiger partial charge in [-0.1, -0.05) is 18.7 Å². The number of rotatable bonds is 2. The molecule has 2 rings (SSSR count). The molecule has 116 valence electrons. The van der Waals surface area contributed by atoms with Crippen molar-refractivity contribution < 1.29 is 17.6 Å². The molecule has 7 heteroatoms. The van der Waals surface area contributed by atoms with Gasteiger partial charge >= 0.3 is 6.18 Å². The molecule has 0 aliphatic carbocycles. The van der Waals surface area contributed by atoms with Gasteiger partial charge < -0.3 is 5.32 Å². The average Bonchev–Trinajstić information content (AvgIpc) is 2.40. The van der Waals surface area contributed by atoms with Gasteiger partial charge in [-0.05, 0) is 38.0 Å². The van der Waals surface area contributed by atoms with E-state index in [1.807, 2.05) is 13.8 Å². The van der Waals surface area contributed by atoms with Crippen LogP contribution in [0.5, 0.6) is 0 Å². The van der Waals surface area contributed by atoms with Crippen LogP contribution in [0.25, 0.3) is 0 Å². The van der Waals surface area contributed by atoms with Crippen molar-refractivity contribution >= 4 is 22.6 Å². The minimum Gasteiger partial charge on any atom is -0.333 e. The van der Waals surface area contributed by atoms with E-state index in [2.05, 4.69) is 10.3 Å². The smallest absolute Gasteiger partial charge is 0.333 e. The van der Waals surface area contributed by atoms with Crippen LogP contribution in [0.2, 0.25) is 0 Å². The third kappa shape index (κ3) is 3.90. The molecule has 0 amide bonds. The van der Waals surface area contributed by atoms with Crippen molar-refractivity contribution in [3.63, 3.8) is 0 Å². The highest BCUT2D eigenvalue weighted by Gasteiger charge is 2.31. The topological polar surface area (TPSA) is 24.4 Å². The van der Waals surface area contributed by atoms with Gasteiger partial charge in [0.15, 0.2) is 5.17 Å². The van der Waals surface area contributed by atoms with Gasteiger partial charge in [0, 0.05) is 5.75 Å². The zero-order valence-electron chi connectivity index (χ0n) is 11.7. The molecule has 0 bridgehead atoms. The summed E-state index contributed by atoms with van der Waals surface area (Å²) in [5.41, 5.74) is -1.33. The molecule has 1 aromatic carbocycles. The van der Waals surface area contributed by atoms with Crippen LogP contribution in [-0.2, 0) is 6.18 Å². The number of amidine groups is 1. The summed E-state index contributed by atoms with van der Waals surface area (Å²) in [5, 5.41) is 3.15. The van der Waals surface area contributed by atoms with Crippen LogP contribution in [0.15, 0.2) is 23.2 Å². The number of anilines is 1. The van der Waals surface area contributed by atoms with E-state index in [4.69, 9.17) is 0 Å². The van der Waals surface area contributed by atoms with Crippen LogP contribution in [0.1, 0.15) is 32.3 Å². The summed E-state index contributed by atoms with van der Waals surface area (Å²) in [4.78, 5) is 4.48. The summed E-state index contributed by atoms with van der Waals surface area (Å²) in [6.45, 7) is 3.98. The van der Waals surface area contributed by atoms with E-state index < -0.39 is 17.6 Å². The van der Waals surface area contributed by atoms with Gasteiger partial charge in [-0.3, -0.25) is 4.99 Å². The quantitative estimate of drug-likeness (QED) is 0.782. The number of halogens is 4. The molecule has 0 fully saturated rings. The van der Waals surface area contributed by atoms with Gasteiger partial charge in [-0.15, -0.1) is 0 Å². The monoisotopic (exact) mass is 320 g/mol. The Morgan fingerprint density at radius 2 is 2.10 bits per heavy atom. The average molecular weight is 320 g/mol. The first-order valence-electron chi connectivity index (χ1n) is 6.60. The second kappa shape index (κ2) is 5.87. The highest BCUT2D eigenvalue weighted by molar-refractivity contribution is 8.14. The van der Waals surface area contributed by atoms with E-state index in [0.29, 0.717) is 5.17 Å². The van der Waals surface area contributed by atoms with E-state index in [-0.39, 0.29) is 11.2 Å². The van der Waals surface area contributed by atoms with Crippen molar-refractivity contribution in [2.75, 3.05) is 11.1 Å². The van der Waals surface area contributed by atoms with Crippen molar-refractivity contribution in [3.05, 3.63) is 29.6 Å². The second-order valence-corrected chi connectivity index (χ2v) is 6.27.